The van der Waals surface area contributed by atoms with Gasteiger partial charge in [-0.3, -0.25) is 4.79 Å². The van der Waals surface area contributed by atoms with Gasteiger partial charge in [-0.25, -0.2) is 0 Å². The predicted molar refractivity (Wildman–Crippen MR) is 153 cm³/mol. The van der Waals surface area contributed by atoms with Gasteiger partial charge in [0, 0.05) is 26.7 Å². The number of allylic oxidation sites excluding steroid dienone is 2. The van der Waals surface area contributed by atoms with Crippen molar-refractivity contribution in [3.63, 3.8) is 0 Å². The second kappa shape index (κ2) is 63.6. The van der Waals surface area contributed by atoms with Crippen LogP contribution in [0, 0.1) is 5.92 Å². The van der Waals surface area contributed by atoms with Gasteiger partial charge in [-0.15, -0.1) is 12.4 Å². The molecule has 2 N–H and O–H groups in total. The molecule has 0 heterocycles. The third-order valence-electron chi connectivity index (χ3n) is 2.86. The van der Waals surface area contributed by atoms with Gasteiger partial charge in [0.1, 0.15) is 6.79 Å². The lowest BCUT2D eigenvalue weighted by Crippen LogP contribution is -2.10. The van der Waals surface area contributed by atoms with Crippen molar-refractivity contribution >= 4 is 25.2 Å². The van der Waals surface area contributed by atoms with Crippen LogP contribution in [0.5, 0.6) is 0 Å². The highest BCUT2D eigenvalue weighted by atomic mass is 35.5. The van der Waals surface area contributed by atoms with Crippen molar-refractivity contribution in [3.8, 4) is 0 Å². The van der Waals surface area contributed by atoms with Crippen molar-refractivity contribution in [3.05, 3.63) is 12.2 Å². The van der Waals surface area contributed by atoms with Crippen LogP contribution < -0.4 is 0 Å². The van der Waals surface area contributed by atoms with Crippen LogP contribution in [0.3, 0.4) is 0 Å². The lowest BCUT2D eigenvalue weighted by molar-refractivity contribution is -0.147. The summed E-state index contributed by atoms with van der Waals surface area (Å²) in [5.74, 6) is 0.235. The molecule has 0 bridgehead atoms. The molecule has 0 aliphatic carbocycles. The molecule has 0 unspecified atom stereocenters. The molecule has 6 nitrogen and oxygen atoms in total. The van der Waals surface area contributed by atoms with Gasteiger partial charge in [0.15, 0.2) is 0 Å². The molecule has 34 heavy (non-hydrogen) atoms. The lowest BCUT2D eigenvalue weighted by Gasteiger charge is -2.06. The standard InChI is InChI=1S/C8H16O3.C5H12O.C4H10O.C4H8.C3H8.C2H6.CH2O.ClH/c1-7(2)11-8(10)5-3-4-6-9;1-4(2)5(3)6;1-3-4-5-2;1-3-4-2;1-3-2;2*1-2;/h7,9H,3-6H2,1-2H3;4-6H,1-3H3;3-4H2,1-2H3;3-4H,1-2H3;3H2,1-2H3;1-2H3;1H2;1H/b;;;4-3-;;;;/t;5-;;;;;;/m.1....../s1. The third-order valence-corrected chi connectivity index (χ3v) is 2.86. The van der Waals surface area contributed by atoms with E-state index in [1.54, 1.807) is 14.0 Å². The zero-order valence-corrected chi connectivity index (χ0v) is 25.8. The second-order valence-electron chi connectivity index (χ2n) is 7.07. The average molecular weight is 519 g/mol. The molecule has 0 rings (SSSR count). The van der Waals surface area contributed by atoms with Gasteiger partial charge in [0.25, 0.3) is 0 Å². The van der Waals surface area contributed by atoms with E-state index >= 15 is 0 Å². The summed E-state index contributed by atoms with van der Waals surface area (Å²) in [6.45, 7) is 26.8. The van der Waals surface area contributed by atoms with Gasteiger partial charge >= 0.3 is 5.97 Å². The molecule has 0 spiro atoms. The van der Waals surface area contributed by atoms with E-state index in [2.05, 4.69) is 20.8 Å². The van der Waals surface area contributed by atoms with Crippen LogP contribution >= 0.6 is 12.4 Å². The van der Waals surface area contributed by atoms with E-state index in [1.807, 2.05) is 74.3 Å². The summed E-state index contributed by atoms with van der Waals surface area (Å²) in [7, 11) is 1.71. The first-order chi connectivity index (χ1) is 15.5. The van der Waals surface area contributed by atoms with E-state index in [1.165, 1.54) is 6.42 Å². The molecule has 0 radical (unpaired) electrons. The molecule has 7 heteroatoms. The molecule has 0 aromatic rings. The molecule has 0 aromatic heterocycles. The smallest absolute Gasteiger partial charge is 0.306 e. The molecule has 214 valence electrons. The number of hydrogen-bond acceptors (Lipinski definition) is 6. The Bertz CT molecular complexity index is 297. The SMILES string of the molecule is C/C=C\C.C=O.CC.CC(C)OC(=O)CCCCO.CC(C)[C@@H](C)O.CCC.CCCOC.Cl. The molecular weight excluding hydrogens is 456 g/mol. The Balaban J connectivity index is -0.0000000424. The van der Waals surface area contributed by atoms with E-state index in [-0.39, 0.29) is 37.2 Å². The number of halogens is 1. The Morgan fingerprint density at radius 3 is 1.44 bits per heavy atom. The molecule has 0 saturated heterocycles. The molecular formula is C27H63ClO6. The molecule has 0 aromatic carbocycles. The number of carbonyl (C=O) groups excluding carboxylic acids is 2. The first-order valence-corrected chi connectivity index (χ1v) is 12.4. The second-order valence-corrected chi connectivity index (χ2v) is 7.07. The Labute approximate surface area is 220 Å². The highest BCUT2D eigenvalue weighted by Gasteiger charge is 2.03. The van der Waals surface area contributed by atoms with Gasteiger partial charge in [-0.05, 0) is 59.8 Å². The van der Waals surface area contributed by atoms with Crippen LogP contribution in [-0.4, -0.2) is 55.5 Å². The van der Waals surface area contributed by atoms with E-state index in [0.29, 0.717) is 25.2 Å². The zero-order valence-electron chi connectivity index (χ0n) is 25.0. The monoisotopic (exact) mass is 518 g/mol. The van der Waals surface area contributed by atoms with E-state index in [4.69, 9.17) is 24.5 Å². The van der Waals surface area contributed by atoms with Crippen LogP contribution in [-0.2, 0) is 19.1 Å². The predicted octanol–water partition coefficient (Wildman–Crippen LogP) is 7.43. The highest BCUT2D eigenvalue weighted by Crippen LogP contribution is 1.99. The van der Waals surface area contributed by atoms with Crippen LogP contribution in [0.1, 0.15) is 115 Å². The number of carbonyl (C=O) groups is 2. The Hall–Kier alpha value is -0.950. The first kappa shape index (κ1) is 54.1. The van der Waals surface area contributed by atoms with Crippen LogP contribution in [0.15, 0.2) is 12.2 Å². The number of aliphatic hydroxyl groups excluding tert-OH is 2. The summed E-state index contributed by atoms with van der Waals surface area (Å²) in [6.07, 6.45) is 7.99. The van der Waals surface area contributed by atoms with Crippen molar-refractivity contribution in [1.29, 1.82) is 0 Å². The minimum Gasteiger partial charge on any atom is -0.463 e. The van der Waals surface area contributed by atoms with Crippen molar-refractivity contribution < 1.29 is 29.3 Å². The number of unbranched alkanes of at least 4 members (excludes halogenated alkanes) is 1. The van der Waals surface area contributed by atoms with Crippen molar-refractivity contribution in [2.45, 2.75) is 127 Å². The number of ether oxygens (including phenoxy) is 2. The molecule has 0 aliphatic heterocycles. The topological polar surface area (TPSA) is 93.1 Å². The number of rotatable bonds is 8. The number of methoxy groups -OCH3 is 1. The minimum atomic E-state index is -0.173. The van der Waals surface area contributed by atoms with Crippen LogP contribution in [0.25, 0.3) is 0 Å². The summed E-state index contributed by atoms with van der Waals surface area (Å²) in [5, 5.41) is 17.0. The summed E-state index contributed by atoms with van der Waals surface area (Å²) in [6, 6.07) is 0. The quantitative estimate of drug-likeness (QED) is 0.197. The summed E-state index contributed by atoms with van der Waals surface area (Å²) >= 11 is 0. The molecule has 0 fully saturated rings. The Kier molecular flexibility index (Phi) is 101. The number of hydrogen-bond donors (Lipinski definition) is 2. The van der Waals surface area contributed by atoms with Crippen molar-refractivity contribution in [2.75, 3.05) is 20.3 Å². The summed E-state index contributed by atoms with van der Waals surface area (Å²) in [4.78, 5) is 18.8. The average Bonchev–Trinajstić information content (AvgIpc) is 2.78. The Morgan fingerprint density at radius 2 is 1.29 bits per heavy atom. The molecule has 1 atom stereocenters. The fourth-order valence-corrected chi connectivity index (χ4v) is 0.907. The summed E-state index contributed by atoms with van der Waals surface area (Å²) < 4.78 is 9.57. The number of aliphatic hydroxyl groups is 2. The van der Waals surface area contributed by atoms with Gasteiger partial charge in [-0.1, -0.05) is 67.0 Å². The number of esters is 1. The van der Waals surface area contributed by atoms with Gasteiger partial charge < -0.3 is 24.5 Å². The zero-order chi connectivity index (χ0) is 28.1. The Morgan fingerprint density at radius 1 is 0.941 bits per heavy atom. The lowest BCUT2D eigenvalue weighted by atomic mass is 10.1. The van der Waals surface area contributed by atoms with E-state index in [9.17, 15) is 4.79 Å². The molecule has 0 saturated carbocycles. The fourth-order valence-electron chi connectivity index (χ4n) is 0.907. The van der Waals surface area contributed by atoms with Crippen LogP contribution in [0.2, 0.25) is 0 Å². The van der Waals surface area contributed by atoms with Gasteiger partial charge in [-0.2, -0.15) is 0 Å². The van der Waals surface area contributed by atoms with Gasteiger partial charge in [0.2, 0.25) is 0 Å². The van der Waals surface area contributed by atoms with Crippen molar-refractivity contribution in [1.82, 2.24) is 0 Å². The fraction of sp³-hybridized carbons (Fsp3) is 0.852. The van der Waals surface area contributed by atoms with Crippen LogP contribution in [0.4, 0.5) is 0 Å². The maximum absolute atomic E-state index is 10.8. The minimum absolute atomic E-state index is 0. The van der Waals surface area contributed by atoms with Crippen molar-refractivity contribution in [2.24, 2.45) is 5.92 Å². The normalized spacial score (nSPS) is 9.21. The summed E-state index contributed by atoms with van der Waals surface area (Å²) in [5.41, 5.74) is 0. The third kappa shape index (κ3) is 124. The first-order valence-electron chi connectivity index (χ1n) is 12.4. The maximum atomic E-state index is 10.8. The van der Waals surface area contributed by atoms with Gasteiger partial charge in [0.05, 0.1) is 12.2 Å². The van der Waals surface area contributed by atoms with E-state index < -0.39 is 0 Å². The maximum Gasteiger partial charge on any atom is 0.306 e. The largest absolute Gasteiger partial charge is 0.463 e. The van der Waals surface area contributed by atoms with E-state index in [0.717, 1.165) is 13.0 Å². The highest BCUT2D eigenvalue weighted by molar-refractivity contribution is 5.85. The molecule has 0 amide bonds. The molecule has 0 aliphatic rings.